The second kappa shape index (κ2) is 6.66. The largest absolute Gasteiger partial charge is 0.337 e. The third-order valence-corrected chi connectivity index (χ3v) is 3.44. The fourth-order valence-electron chi connectivity index (χ4n) is 2.52. The number of halogens is 1. The first-order chi connectivity index (χ1) is 9.56. The molecule has 2 rings (SSSR count). The van der Waals surface area contributed by atoms with Gasteiger partial charge in [0.2, 0.25) is 0 Å². The Morgan fingerprint density at radius 1 is 1.30 bits per heavy atom. The summed E-state index contributed by atoms with van der Waals surface area (Å²) in [6, 6.07) is 5.91. The molecule has 1 fully saturated rings. The topological polar surface area (TPSA) is 23.6 Å². The van der Waals surface area contributed by atoms with Crippen molar-refractivity contribution in [3.05, 3.63) is 47.8 Å². The third kappa shape index (κ3) is 3.90. The van der Waals surface area contributed by atoms with Gasteiger partial charge in [-0.1, -0.05) is 18.2 Å². The lowest BCUT2D eigenvalue weighted by Crippen LogP contribution is -2.35. The highest BCUT2D eigenvalue weighted by Gasteiger charge is 2.20. The van der Waals surface area contributed by atoms with Gasteiger partial charge in [0.05, 0.1) is 0 Å². The van der Waals surface area contributed by atoms with Crippen LogP contribution in [0, 0.1) is 5.82 Å². The predicted molar refractivity (Wildman–Crippen MR) is 78.2 cm³/mol. The monoisotopic (exact) mass is 276 g/mol. The van der Waals surface area contributed by atoms with Crippen LogP contribution in [0.2, 0.25) is 0 Å². The number of carbonyl (C=O) groups is 1. The van der Waals surface area contributed by atoms with Crippen LogP contribution < -0.4 is 0 Å². The van der Waals surface area contributed by atoms with Gasteiger partial charge in [0.1, 0.15) is 5.82 Å². The molecule has 1 saturated heterocycles. The molecule has 3 nitrogen and oxygen atoms in total. The quantitative estimate of drug-likeness (QED) is 0.792. The van der Waals surface area contributed by atoms with E-state index in [4.69, 9.17) is 0 Å². The van der Waals surface area contributed by atoms with E-state index in [1.165, 1.54) is 12.1 Å². The van der Waals surface area contributed by atoms with Crippen LogP contribution in [-0.2, 0) is 0 Å². The van der Waals surface area contributed by atoms with Gasteiger partial charge in [0, 0.05) is 38.3 Å². The lowest BCUT2D eigenvalue weighted by atomic mass is 10.2. The minimum Gasteiger partial charge on any atom is -0.337 e. The van der Waals surface area contributed by atoms with E-state index in [1.807, 2.05) is 11.8 Å². The molecule has 0 spiro atoms. The van der Waals surface area contributed by atoms with Gasteiger partial charge >= 0.3 is 0 Å². The highest BCUT2D eigenvalue weighted by atomic mass is 19.1. The van der Waals surface area contributed by atoms with E-state index >= 15 is 0 Å². The van der Waals surface area contributed by atoms with Crippen molar-refractivity contribution in [1.82, 2.24) is 9.80 Å². The molecule has 0 radical (unpaired) electrons. The lowest BCUT2D eigenvalue weighted by Gasteiger charge is -2.22. The van der Waals surface area contributed by atoms with Crippen molar-refractivity contribution in [2.75, 3.05) is 32.7 Å². The molecule has 0 unspecified atom stereocenters. The Morgan fingerprint density at radius 3 is 2.80 bits per heavy atom. The molecule has 0 saturated carbocycles. The first kappa shape index (κ1) is 14.7. The first-order valence-electron chi connectivity index (χ1n) is 6.98. The minimum atomic E-state index is -0.366. The molecule has 1 heterocycles. The number of benzene rings is 1. The summed E-state index contributed by atoms with van der Waals surface area (Å²) < 4.78 is 13.2. The average molecular weight is 276 g/mol. The number of hydrogen-bond acceptors (Lipinski definition) is 2. The number of hydrogen-bond donors (Lipinski definition) is 0. The van der Waals surface area contributed by atoms with Crippen molar-refractivity contribution in [2.45, 2.75) is 13.3 Å². The Labute approximate surface area is 119 Å². The van der Waals surface area contributed by atoms with Crippen molar-refractivity contribution in [2.24, 2.45) is 0 Å². The molecule has 0 bridgehead atoms. The van der Waals surface area contributed by atoms with Crippen LogP contribution >= 0.6 is 0 Å². The summed E-state index contributed by atoms with van der Waals surface area (Å²) >= 11 is 0. The van der Waals surface area contributed by atoms with Crippen LogP contribution in [0.3, 0.4) is 0 Å². The Bertz CT molecular complexity index is 501. The van der Waals surface area contributed by atoms with Gasteiger partial charge in [0.25, 0.3) is 5.91 Å². The van der Waals surface area contributed by atoms with Gasteiger partial charge in [-0.2, -0.15) is 0 Å². The fourth-order valence-corrected chi connectivity index (χ4v) is 2.52. The zero-order valence-electron chi connectivity index (χ0n) is 11.9. The number of amides is 1. The summed E-state index contributed by atoms with van der Waals surface area (Å²) in [5, 5.41) is 0. The Balaban J connectivity index is 1.99. The molecule has 20 heavy (non-hydrogen) atoms. The number of nitrogens with zero attached hydrogens (tertiary/aromatic N) is 2. The van der Waals surface area contributed by atoms with Gasteiger partial charge in [-0.15, -0.1) is 0 Å². The molecular weight excluding hydrogens is 255 g/mol. The maximum atomic E-state index is 13.2. The van der Waals surface area contributed by atoms with Crippen LogP contribution in [0.25, 0.3) is 0 Å². The molecule has 1 aromatic rings. The van der Waals surface area contributed by atoms with Gasteiger partial charge in [-0.25, -0.2) is 4.39 Å². The summed E-state index contributed by atoms with van der Waals surface area (Å²) in [5.74, 6) is -0.448. The van der Waals surface area contributed by atoms with Crippen LogP contribution in [0.1, 0.15) is 23.7 Å². The fraction of sp³-hybridized carbons (Fsp3) is 0.438. The van der Waals surface area contributed by atoms with Crippen molar-refractivity contribution in [3.63, 3.8) is 0 Å². The average Bonchev–Trinajstić information content (AvgIpc) is 2.63. The Kier molecular flexibility index (Phi) is 4.90. The maximum Gasteiger partial charge on any atom is 0.254 e. The van der Waals surface area contributed by atoms with Crippen LogP contribution in [0.5, 0.6) is 0 Å². The molecule has 4 heteroatoms. The van der Waals surface area contributed by atoms with Gasteiger partial charge < -0.3 is 4.90 Å². The van der Waals surface area contributed by atoms with E-state index < -0.39 is 0 Å². The van der Waals surface area contributed by atoms with Crippen LogP contribution in [-0.4, -0.2) is 48.4 Å². The van der Waals surface area contributed by atoms with Crippen LogP contribution in [0.4, 0.5) is 4.39 Å². The van der Waals surface area contributed by atoms with Gasteiger partial charge in [0.15, 0.2) is 0 Å². The molecule has 1 amide bonds. The standard InChI is InChI=1S/C16H21FN2O/c1-13(2)12-18-7-4-8-19(10-9-18)16(20)14-5-3-6-15(17)11-14/h3,5-6,11H,1,4,7-10,12H2,2H3. The third-order valence-electron chi connectivity index (χ3n) is 3.44. The van der Waals surface area contributed by atoms with Crippen molar-refractivity contribution in [1.29, 1.82) is 0 Å². The van der Waals surface area contributed by atoms with E-state index in [9.17, 15) is 9.18 Å². The molecule has 0 N–H and O–H groups in total. The SMILES string of the molecule is C=C(C)CN1CCCN(C(=O)c2cccc(F)c2)CC1. The Hall–Kier alpha value is -1.68. The molecular formula is C16H21FN2O. The van der Waals surface area contributed by atoms with Crippen molar-refractivity contribution < 1.29 is 9.18 Å². The van der Waals surface area contributed by atoms with E-state index in [0.717, 1.165) is 38.2 Å². The number of rotatable bonds is 3. The highest BCUT2D eigenvalue weighted by Crippen LogP contribution is 2.11. The second-order valence-electron chi connectivity index (χ2n) is 5.39. The smallest absolute Gasteiger partial charge is 0.254 e. The zero-order valence-corrected chi connectivity index (χ0v) is 11.9. The van der Waals surface area contributed by atoms with Gasteiger partial charge in [-0.05, 0) is 31.5 Å². The van der Waals surface area contributed by atoms with Crippen molar-refractivity contribution in [3.8, 4) is 0 Å². The summed E-state index contributed by atoms with van der Waals surface area (Å²) in [6.07, 6.45) is 0.939. The lowest BCUT2D eigenvalue weighted by molar-refractivity contribution is 0.0761. The normalized spacial score (nSPS) is 16.8. The first-order valence-corrected chi connectivity index (χ1v) is 6.98. The number of carbonyl (C=O) groups excluding carboxylic acids is 1. The zero-order chi connectivity index (χ0) is 14.5. The van der Waals surface area contributed by atoms with Crippen LogP contribution in [0.15, 0.2) is 36.4 Å². The summed E-state index contributed by atoms with van der Waals surface area (Å²) in [5.41, 5.74) is 1.56. The van der Waals surface area contributed by atoms with Gasteiger partial charge in [-0.3, -0.25) is 9.69 Å². The predicted octanol–water partition coefficient (Wildman–Crippen LogP) is 2.55. The summed E-state index contributed by atoms with van der Waals surface area (Å²) in [4.78, 5) is 16.5. The van der Waals surface area contributed by atoms with Crippen molar-refractivity contribution >= 4 is 5.91 Å². The van der Waals surface area contributed by atoms with E-state index in [0.29, 0.717) is 12.1 Å². The summed E-state index contributed by atoms with van der Waals surface area (Å²) in [7, 11) is 0. The maximum absolute atomic E-state index is 13.2. The van der Waals surface area contributed by atoms with E-state index in [2.05, 4.69) is 11.5 Å². The molecule has 0 aromatic heterocycles. The molecule has 0 atom stereocenters. The molecule has 0 aliphatic carbocycles. The van der Waals surface area contributed by atoms with E-state index in [1.54, 1.807) is 12.1 Å². The molecule has 1 aromatic carbocycles. The minimum absolute atomic E-state index is 0.0818. The molecule has 108 valence electrons. The summed E-state index contributed by atoms with van der Waals surface area (Å²) in [6.45, 7) is 10.0. The second-order valence-corrected chi connectivity index (χ2v) is 5.39. The Morgan fingerprint density at radius 2 is 2.10 bits per heavy atom. The van der Waals surface area contributed by atoms with E-state index in [-0.39, 0.29) is 11.7 Å². The highest BCUT2D eigenvalue weighted by molar-refractivity contribution is 5.94. The molecule has 1 aliphatic heterocycles. The molecule has 1 aliphatic rings.